The van der Waals surface area contributed by atoms with E-state index in [-0.39, 0.29) is 10.9 Å². The number of alkyl halides is 3. The van der Waals surface area contributed by atoms with Gasteiger partial charge in [-0.2, -0.15) is 13.2 Å². The second kappa shape index (κ2) is 7.03. The van der Waals surface area contributed by atoms with E-state index < -0.39 is 29.2 Å². The molecule has 0 aliphatic rings. The molecule has 0 aliphatic carbocycles. The molecule has 146 valence electrons. The summed E-state index contributed by atoms with van der Waals surface area (Å²) in [5.74, 6) is -2.68. The van der Waals surface area contributed by atoms with Gasteiger partial charge in [0.2, 0.25) is 0 Å². The number of carbonyl (C=O) groups is 2. The van der Waals surface area contributed by atoms with E-state index in [2.05, 4.69) is 9.72 Å². The van der Waals surface area contributed by atoms with Gasteiger partial charge in [0.05, 0.1) is 7.11 Å². The molecule has 3 aromatic rings. The zero-order valence-electron chi connectivity index (χ0n) is 15.1. The molecule has 0 fully saturated rings. The van der Waals surface area contributed by atoms with E-state index >= 15 is 0 Å². The van der Waals surface area contributed by atoms with E-state index in [4.69, 9.17) is 0 Å². The molecule has 0 radical (unpaired) electrons. The third-order valence-corrected chi connectivity index (χ3v) is 4.52. The number of fused-ring (bicyclic) bond motifs is 1. The minimum Gasteiger partial charge on any atom is -0.467 e. The third-order valence-electron chi connectivity index (χ3n) is 4.52. The fraction of sp³-hybridized carbons (Fsp3) is 0.200. The van der Waals surface area contributed by atoms with E-state index in [0.717, 1.165) is 18.9 Å². The lowest BCUT2D eigenvalue weighted by molar-refractivity contribution is -0.212. The van der Waals surface area contributed by atoms with Gasteiger partial charge in [-0.15, -0.1) is 0 Å². The highest BCUT2D eigenvalue weighted by atomic mass is 19.4. The standard InChI is InChI=1S/C20H17F3N2O3/c1-12-7-9-13(10-8-12)17(26)25-19(18(27)28-2,20(21,22)23)15-11-24-16-6-4-3-5-14(15)16/h3-11,24H,1-2H3,(H,25,26). The summed E-state index contributed by atoms with van der Waals surface area (Å²) in [7, 11) is 0.843. The maximum Gasteiger partial charge on any atom is 0.426 e. The Bertz CT molecular complexity index is 1030. The Kier molecular flexibility index (Phi) is 4.89. The minimum absolute atomic E-state index is 0.0111. The maximum atomic E-state index is 14.3. The zero-order valence-corrected chi connectivity index (χ0v) is 15.1. The van der Waals surface area contributed by atoms with Crippen LogP contribution in [-0.4, -0.2) is 30.1 Å². The van der Waals surface area contributed by atoms with Gasteiger partial charge in [-0.05, 0) is 25.1 Å². The van der Waals surface area contributed by atoms with Crippen molar-refractivity contribution in [2.45, 2.75) is 18.6 Å². The summed E-state index contributed by atoms with van der Waals surface area (Å²) in [5.41, 5.74) is -2.60. The van der Waals surface area contributed by atoms with Gasteiger partial charge >= 0.3 is 12.1 Å². The molecule has 0 bridgehead atoms. The fourth-order valence-electron chi connectivity index (χ4n) is 3.05. The average molecular weight is 390 g/mol. The summed E-state index contributed by atoms with van der Waals surface area (Å²) in [6.07, 6.45) is -4.10. The van der Waals surface area contributed by atoms with Crippen LogP contribution in [0.1, 0.15) is 21.5 Å². The largest absolute Gasteiger partial charge is 0.467 e. The third kappa shape index (κ3) is 3.11. The quantitative estimate of drug-likeness (QED) is 0.665. The Labute approximate surface area is 158 Å². The van der Waals surface area contributed by atoms with Crippen LogP contribution in [0.3, 0.4) is 0 Å². The smallest absolute Gasteiger partial charge is 0.426 e. The van der Waals surface area contributed by atoms with Gasteiger partial charge in [0.25, 0.3) is 11.4 Å². The Hall–Kier alpha value is -3.29. The number of halogens is 3. The van der Waals surface area contributed by atoms with Crippen LogP contribution in [0.5, 0.6) is 0 Å². The monoisotopic (exact) mass is 390 g/mol. The SMILES string of the molecule is COC(=O)C(NC(=O)c1ccc(C)cc1)(c1c[nH]c2ccccc12)C(F)(F)F. The molecule has 0 saturated carbocycles. The van der Waals surface area contributed by atoms with Gasteiger partial charge in [-0.3, -0.25) is 4.79 Å². The van der Waals surface area contributed by atoms with E-state index in [0.29, 0.717) is 5.52 Å². The lowest BCUT2D eigenvalue weighted by Crippen LogP contribution is -2.61. The molecule has 3 rings (SSSR count). The first-order valence-electron chi connectivity index (χ1n) is 8.31. The highest BCUT2D eigenvalue weighted by Gasteiger charge is 2.64. The number of aromatic amines is 1. The van der Waals surface area contributed by atoms with Crippen molar-refractivity contribution in [3.05, 3.63) is 71.4 Å². The number of H-pyrrole nitrogens is 1. The number of ether oxygens (including phenoxy) is 1. The van der Waals surface area contributed by atoms with Crippen LogP contribution in [-0.2, 0) is 15.1 Å². The molecular weight excluding hydrogens is 373 g/mol. The normalized spacial score (nSPS) is 13.8. The number of para-hydroxylation sites is 1. The summed E-state index contributed by atoms with van der Waals surface area (Å²) >= 11 is 0. The number of hydrogen-bond donors (Lipinski definition) is 2. The first-order chi connectivity index (χ1) is 13.2. The molecule has 1 unspecified atom stereocenters. The highest BCUT2D eigenvalue weighted by molar-refractivity contribution is 6.01. The second-order valence-corrected chi connectivity index (χ2v) is 6.31. The van der Waals surface area contributed by atoms with Crippen molar-refractivity contribution >= 4 is 22.8 Å². The van der Waals surface area contributed by atoms with Crippen molar-refractivity contribution in [3.8, 4) is 0 Å². The minimum atomic E-state index is -5.16. The lowest BCUT2D eigenvalue weighted by atomic mass is 9.88. The van der Waals surface area contributed by atoms with Crippen molar-refractivity contribution in [1.29, 1.82) is 0 Å². The maximum absolute atomic E-state index is 14.3. The molecule has 5 nitrogen and oxygen atoms in total. The van der Waals surface area contributed by atoms with Crippen LogP contribution in [0, 0.1) is 6.92 Å². The van der Waals surface area contributed by atoms with E-state index in [1.807, 2.05) is 5.32 Å². The van der Waals surface area contributed by atoms with Crippen LogP contribution in [0.2, 0.25) is 0 Å². The predicted molar refractivity (Wildman–Crippen MR) is 96.7 cm³/mol. The van der Waals surface area contributed by atoms with Gasteiger partial charge in [-0.1, -0.05) is 35.9 Å². The topological polar surface area (TPSA) is 71.2 Å². The number of amides is 1. The number of benzene rings is 2. The molecule has 28 heavy (non-hydrogen) atoms. The number of aryl methyl sites for hydroxylation is 1. The summed E-state index contributed by atoms with van der Waals surface area (Å²) in [6, 6.07) is 12.1. The van der Waals surface area contributed by atoms with Crippen molar-refractivity contribution in [3.63, 3.8) is 0 Å². The van der Waals surface area contributed by atoms with Gasteiger partial charge in [0.1, 0.15) is 0 Å². The first kappa shape index (κ1) is 19.5. The van der Waals surface area contributed by atoms with Crippen LogP contribution in [0.25, 0.3) is 10.9 Å². The summed E-state index contributed by atoms with van der Waals surface area (Å²) in [5, 5.41) is 2.04. The molecule has 0 spiro atoms. The van der Waals surface area contributed by atoms with Gasteiger partial charge in [-0.25, -0.2) is 4.79 Å². The molecule has 1 atom stereocenters. The molecule has 1 aromatic heterocycles. The number of carbonyl (C=O) groups excluding carboxylic acids is 2. The van der Waals surface area contributed by atoms with Crippen molar-refractivity contribution < 1.29 is 27.5 Å². The Morgan fingerprint density at radius 2 is 1.68 bits per heavy atom. The molecule has 1 heterocycles. The summed E-state index contributed by atoms with van der Waals surface area (Å²) in [4.78, 5) is 27.8. The van der Waals surface area contributed by atoms with E-state index in [1.54, 1.807) is 37.3 Å². The van der Waals surface area contributed by atoms with Crippen LogP contribution in [0.15, 0.2) is 54.7 Å². The fourth-order valence-corrected chi connectivity index (χ4v) is 3.05. The number of esters is 1. The highest BCUT2D eigenvalue weighted by Crippen LogP contribution is 2.43. The molecule has 8 heteroatoms. The molecular formula is C20H17F3N2O3. The van der Waals surface area contributed by atoms with Gasteiger partial charge in [0, 0.05) is 28.2 Å². The summed E-state index contributed by atoms with van der Waals surface area (Å²) in [6.45, 7) is 1.78. The number of aromatic nitrogens is 1. The Balaban J connectivity index is 2.20. The van der Waals surface area contributed by atoms with Gasteiger partial charge in [0.15, 0.2) is 0 Å². The number of methoxy groups -OCH3 is 1. The number of nitrogens with one attached hydrogen (secondary N) is 2. The second-order valence-electron chi connectivity index (χ2n) is 6.31. The van der Waals surface area contributed by atoms with Crippen LogP contribution < -0.4 is 5.32 Å². The molecule has 0 saturated heterocycles. The number of rotatable bonds is 4. The Morgan fingerprint density at radius 1 is 1.04 bits per heavy atom. The average Bonchev–Trinajstić information content (AvgIpc) is 3.09. The van der Waals surface area contributed by atoms with Gasteiger partial charge < -0.3 is 15.0 Å². The molecule has 1 amide bonds. The summed E-state index contributed by atoms with van der Waals surface area (Å²) < 4.78 is 47.4. The van der Waals surface area contributed by atoms with E-state index in [1.165, 1.54) is 18.2 Å². The molecule has 0 aliphatic heterocycles. The number of hydrogen-bond acceptors (Lipinski definition) is 3. The molecule has 2 N–H and O–H groups in total. The van der Waals surface area contributed by atoms with Crippen molar-refractivity contribution in [2.75, 3.05) is 7.11 Å². The van der Waals surface area contributed by atoms with Crippen molar-refractivity contribution in [1.82, 2.24) is 10.3 Å². The first-order valence-corrected chi connectivity index (χ1v) is 8.31. The lowest BCUT2D eigenvalue weighted by Gasteiger charge is -2.33. The van der Waals surface area contributed by atoms with Crippen LogP contribution >= 0.6 is 0 Å². The zero-order chi connectivity index (χ0) is 20.5. The van der Waals surface area contributed by atoms with Crippen LogP contribution in [0.4, 0.5) is 13.2 Å². The van der Waals surface area contributed by atoms with Crippen molar-refractivity contribution in [2.24, 2.45) is 0 Å². The van der Waals surface area contributed by atoms with E-state index in [9.17, 15) is 22.8 Å². The molecule has 2 aromatic carbocycles. The predicted octanol–water partition coefficient (Wildman–Crippen LogP) is 3.84. The Morgan fingerprint density at radius 3 is 2.29 bits per heavy atom.